The predicted molar refractivity (Wildman–Crippen MR) is 120 cm³/mol. The molecule has 0 unspecified atom stereocenters. The zero-order valence-corrected chi connectivity index (χ0v) is 20.1. The first-order chi connectivity index (χ1) is 15.9. The van der Waals surface area contributed by atoms with E-state index in [2.05, 4.69) is 10.3 Å². The van der Waals surface area contributed by atoms with E-state index in [0.29, 0.717) is 43.5 Å². The number of fused-ring (bicyclic) bond motifs is 1. The summed E-state index contributed by atoms with van der Waals surface area (Å²) >= 11 is 0. The average Bonchev–Trinajstić information content (AvgIpc) is 3.41. The van der Waals surface area contributed by atoms with E-state index in [9.17, 15) is 22.8 Å². The maximum absolute atomic E-state index is 14.0. The van der Waals surface area contributed by atoms with Crippen LogP contribution in [-0.2, 0) is 28.7 Å². The molecule has 1 N–H and O–H groups in total. The molecular formula is C25H34F3N3O3. The standard InChI is InChI=1S/C25H34F3N3O3/c1-23(2,3)34-22(33)30-19-8-10-24(13-19,17-6-4-5-7-17)21(32)31-11-9-20-16(15-31)12-18(14-29-20)25(26,27)28/h12,14,17,19H,4-11,13,15H2,1-3H3,(H,30,33)/t19-,24+/m1/s1. The van der Waals surface area contributed by atoms with Crippen LogP contribution in [0.3, 0.4) is 0 Å². The van der Waals surface area contributed by atoms with Gasteiger partial charge in [-0.15, -0.1) is 0 Å². The molecule has 3 aliphatic rings. The van der Waals surface area contributed by atoms with Gasteiger partial charge in [0.15, 0.2) is 0 Å². The van der Waals surface area contributed by atoms with Gasteiger partial charge in [-0.05, 0) is 70.4 Å². The SMILES string of the molecule is CC(C)(C)OC(=O)N[C@@H]1CC[C@@](C(=O)N2CCc3ncc(C(F)(F)F)cc3C2)(C2CCCC2)C1. The molecule has 2 fully saturated rings. The van der Waals surface area contributed by atoms with Crippen LogP contribution in [0.15, 0.2) is 12.3 Å². The van der Waals surface area contributed by atoms with Crippen molar-refractivity contribution in [2.45, 2.75) is 96.5 Å². The first kappa shape index (κ1) is 24.8. The summed E-state index contributed by atoms with van der Waals surface area (Å²) in [4.78, 5) is 32.1. The third kappa shape index (κ3) is 5.18. The van der Waals surface area contributed by atoms with Gasteiger partial charge in [0.1, 0.15) is 5.60 Å². The second-order valence-corrected chi connectivity index (χ2v) is 11.0. The number of carbonyl (C=O) groups is 2. The normalized spacial score (nSPS) is 25.8. The zero-order chi connectivity index (χ0) is 24.7. The highest BCUT2D eigenvalue weighted by Gasteiger charge is 2.53. The Bertz CT molecular complexity index is 938. The monoisotopic (exact) mass is 481 g/mol. The summed E-state index contributed by atoms with van der Waals surface area (Å²) in [5.74, 6) is 0.238. The van der Waals surface area contributed by atoms with Crippen LogP contribution in [0.5, 0.6) is 0 Å². The van der Waals surface area contributed by atoms with Gasteiger partial charge in [-0.1, -0.05) is 12.8 Å². The average molecular weight is 482 g/mol. The van der Waals surface area contributed by atoms with Gasteiger partial charge >= 0.3 is 12.3 Å². The number of ether oxygens (including phenoxy) is 1. The molecule has 34 heavy (non-hydrogen) atoms. The molecule has 0 saturated heterocycles. The van der Waals surface area contributed by atoms with E-state index in [-0.39, 0.29) is 24.4 Å². The van der Waals surface area contributed by atoms with Crippen molar-refractivity contribution in [3.05, 3.63) is 29.1 Å². The first-order valence-electron chi connectivity index (χ1n) is 12.2. The zero-order valence-electron chi connectivity index (χ0n) is 20.1. The molecule has 4 rings (SSSR count). The molecule has 2 aliphatic carbocycles. The van der Waals surface area contributed by atoms with Crippen LogP contribution >= 0.6 is 0 Å². The number of halogens is 3. The molecule has 2 atom stereocenters. The van der Waals surface area contributed by atoms with Crippen molar-refractivity contribution in [1.82, 2.24) is 15.2 Å². The molecule has 2 heterocycles. The summed E-state index contributed by atoms with van der Waals surface area (Å²) in [6.07, 6.45) is 2.35. The van der Waals surface area contributed by atoms with E-state index in [1.54, 1.807) is 25.7 Å². The van der Waals surface area contributed by atoms with Crippen LogP contribution in [0, 0.1) is 11.3 Å². The highest BCUT2D eigenvalue weighted by atomic mass is 19.4. The van der Waals surface area contributed by atoms with E-state index in [1.807, 2.05) is 0 Å². The number of alkyl carbamates (subject to hydrolysis) is 1. The fourth-order valence-electron chi connectivity index (χ4n) is 5.96. The number of aromatic nitrogens is 1. The number of hydrogen-bond donors (Lipinski definition) is 1. The number of amides is 2. The van der Waals surface area contributed by atoms with Gasteiger partial charge in [-0.2, -0.15) is 13.2 Å². The summed E-state index contributed by atoms with van der Waals surface area (Å²) < 4.78 is 45.0. The number of hydrogen-bond acceptors (Lipinski definition) is 4. The van der Waals surface area contributed by atoms with Crippen molar-refractivity contribution in [2.75, 3.05) is 6.54 Å². The van der Waals surface area contributed by atoms with Gasteiger partial charge in [0.05, 0.1) is 11.0 Å². The second kappa shape index (κ2) is 9.04. The minimum absolute atomic E-state index is 0.0101. The molecule has 188 valence electrons. The molecule has 0 bridgehead atoms. The summed E-state index contributed by atoms with van der Waals surface area (Å²) in [7, 11) is 0. The number of nitrogens with zero attached hydrogens (tertiary/aromatic N) is 2. The molecule has 0 spiro atoms. The third-order valence-corrected chi connectivity index (χ3v) is 7.49. The number of carbonyl (C=O) groups excluding carboxylic acids is 2. The first-order valence-corrected chi connectivity index (χ1v) is 12.2. The molecule has 9 heteroatoms. The van der Waals surface area contributed by atoms with Gasteiger partial charge in [0.2, 0.25) is 5.91 Å². The molecule has 2 amide bonds. The highest BCUT2D eigenvalue weighted by molar-refractivity contribution is 5.84. The number of rotatable bonds is 3. The van der Waals surface area contributed by atoms with Gasteiger partial charge in [0, 0.05) is 37.4 Å². The van der Waals surface area contributed by atoms with Crippen LogP contribution in [0.1, 0.15) is 82.5 Å². The van der Waals surface area contributed by atoms with Crippen LogP contribution in [0.4, 0.5) is 18.0 Å². The van der Waals surface area contributed by atoms with E-state index in [0.717, 1.165) is 37.9 Å². The van der Waals surface area contributed by atoms with Crippen molar-refractivity contribution in [3.63, 3.8) is 0 Å². The van der Waals surface area contributed by atoms with Crippen molar-refractivity contribution in [1.29, 1.82) is 0 Å². The van der Waals surface area contributed by atoms with E-state index >= 15 is 0 Å². The Kier molecular flexibility index (Phi) is 6.59. The maximum Gasteiger partial charge on any atom is 0.417 e. The lowest BCUT2D eigenvalue weighted by molar-refractivity contribution is -0.146. The van der Waals surface area contributed by atoms with Crippen LogP contribution in [0.2, 0.25) is 0 Å². The Morgan fingerprint density at radius 3 is 2.53 bits per heavy atom. The highest BCUT2D eigenvalue weighted by Crippen LogP contribution is 2.52. The van der Waals surface area contributed by atoms with Crippen molar-refractivity contribution < 1.29 is 27.5 Å². The fraction of sp³-hybridized carbons (Fsp3) is 0.720. The fourth-order valence-corrected chi connectivity index (χ4v) is 5.96. The molecule has 6 nitrogen and oxygen atoms in total. The predicted octanol–water partition coefficient (Wildman–Crippen LogP) is 5.24. The Labute approximate surface area is 198 Å². The number of pyridine rings is 1. The Morgan fingerprint density at radius 1 is 1.18 bits per heavy atom. The second-order valence-electron chi connectivity index (χ2n) is 11.0. The van der Waals surface area contributed by atoms with Gasteiger partial charge in [-0.3, -0.25) is 9.78 Å². The van der Waals surface area contributed by atoms with E-state index < -0.39 is 28.8 Å². The molecule has 2 saturated carbocycles. The maximum atomic E-state index is 14.0. The third-order valence-electron chi connectivity index (χ3n) is 7.49. The summed E-state index contributed by atoms with van der Waals surface area (Å²) in [5.41, 5.74) is -0.886. The minimum Gasteiger partial charge on any atom is -0.444 e. The smallest absolute Gasteiger partial charge is 0.417 e. The number of nitrogens with one attached hydrogen (secondary N) is 1. The molecule has 0 aromatic carbocycles. The molecular weight excluding hydrogens is 447 g/mol. The van der Waals surface area contributed by atoms with E-state index in [1.165, 1.54) is 0 Å². The summed E-state index contributed by atoms with van der Waals surface area (Å²) in [6, 6.07) is 0.973. The Morgan fingerprint density at radius 2 is 1.88 bits per heavy atom. The van der Waals surface area contributed by atoms with Crippen LogP contribution in [0.25, 0.3) is 0 Å². The Balaban J connectivity index is 1.52. The van der Waals surface area contributed by atoms with Gasteiger partial charge < -0.3 is 15.0 Å². The molecule has 1 aromatic rings. The summed E-state index contributed by atoms with van der Waals surface area (Å²) in [5, 5.41) is 2.94. The lowest BCUT2D eigenvalue weighted by atomic mass is 9.71. The van der Waals surface area contributed by atoms with Crippen molar-refractivity contribution in [2.24, 2.45) is 11.3 Å². The van der Waals surface area contributed by atoms with Gasteiger partial charge in [-0.25, -0.2) is 4.79 Å². The van der Waals surface area contributed by atoms with Crippen molar-refractivity contribution >= 4 is 12.0 Å². The quantitative estimate of drug-likeness (QED) is 0.641. The molecule has 1 aliphatic heterocycles. The van der Waals surface area contributed by atoms with Crippen molar-refractivity contribution in [3.8, 4) is 0 Å². The lowest BCUT2D eigenvalue weighted by Gasteiger charge is -2.40. The summed E-state index contributed by atoms with van der Waals surface area (Å²) in [6.45, 7) is 6.01. The lowest BCUT2D eigenvalue weighted by Crippen LogP contribution is -2.49. The van der Waals surface area contributed by atoms with Gasteiger partial charge in [0.25, 0.3) is 0 Å². The largest absolute Gasteiger partial charge is 0.444 e. The topological polar surface area (TPSA) is 71.5 Å². The minimum atomic E-state index is -4.47. The van der Waals surface area contributed by atoms with Crippen LogP contribution < -0.4 is 5.32 Å². The molecule has 0 radical (unpaired) electrons. The van der Waals surface area contributed by atoms with Crippen LogP contribution in [-0.4, -0.2) is 40.1 Å². The Hall–Kier alpha value is -2.32. The number of alkyl halides is 3. The molecule has 1 aromatic heterocycles. The van der Waals surface area contributed by atoms with E-state index in [4.69, 9.17) is 4.74 Å².